The number of carbonyl (C=O) groups excluding carboxylic acids is 1. The molecule has 1 aromatic rings. The molecular weight excluding hydrogens is 495 g/mol. The van der Waals surface area contributed by atoms with Crippen molar-refractivity contribution in [3.8, 4) is 0 Å². The lowest BCUT2D eigenvalue weighted by molar-refractivity contribution is 0.0277. The van der Waals surface area contributed by atoms with Crippen molar-refractivity contribution in [1.29, 1.82) is 0 Å². The monoisotopic (exact) mass is 532 g/mol. The van der Waals surface area contributed by atoms with Crippen LogP contribution in [0.5, 0.6) is 0 Å². The van der Waals surface area contributed by atoms with Gasteiger partial charge in [0.15, 0.2) is 5.96 Å². The molecule has 1 saturated heterocycles. The minimum Gasteiger partial charge on any atom is -0.444 e. The molecule has 170 valence electrons. The molecule has 1 N–H and O–H groups in total. The summed E-state index contributed by atoms with van der Waals surface area (Å²) in [5, 5.41) is 3.45. The van der Waals surface area contributed by atoms with Gasteiger partial charge in [0.05, 0.1) is 0 Å². The summed E-state index contributed by atoms with van der Waals surface area (Å²) in [6.07, 6.45) is 1.54. The van der Waals surface area contributed by atoms with Crippen LogP contribution in [0.3, 0.4) is 0 Å². The maximum Gasteiger partial charge on any atom is 0.410 e. The van der Waals surface area contributed by atoms with Crippen LogP contribution in [0.15, 0.2) is 29.4 Å². The van der Waals surface area contributed by atoms with Gasteiger partial charge in [-0.3, -0.25) is 4.99 Å². The molecular formula is C21H37IN6O2. The molecule has 1 unspecified atom stereocenters. The fraction of sp³-hybridized carbons (Fsp3) is 0.667. The van der Waals surface area contributed by atoms with Crippen LogP contribution >= 0.6 is 24.0 Å². The molecule has 1 atom stereocenters. The predicted molar refractivity (Wildman–Crippen MR) is 133 cm³/mol. The van der Waals surface area contributed by atoms with Crippen molar-refractivity contribution in [2.45, 2.75) is 33.3 Å². The van der Waals surface area contributed by atoms with E-state index in [0.717, 1.165) is 44.5 Å². The van der Waals surface area contributed by atoms with Gasteiger partial charge in [0.2, 0.25) is 0 Å². The summed E-state index contributed by atoms with van der Waals surface area (Å²) in [6.45, 7) is 12.7. The van der Waals surface area contributed by atoms with Crippen molar-refractivity contribution in [2.75, 3.05) is 58.3 Å². The Labute approximate surface area is 198 Å². The summed E-state index contributed by atoms with van der Waals surface area (Å²) in [4.78, 5) is 27.2. The SMILES string of the molecule is CN=C(NCC(C)CN(C)C(=O)OC(C)(C)C)N1CCN(c2ccccn2)CC1.I. The van der Waals surface area contributed by atoms with Gasteiger partial charge in [-0.2, -0.15) is 0 Å². The Morgan fingerprint density at radius 2 is 1.97 bits per heavy atom. The Morgan fingerprint density at radius 1 is 1.30 bits per heavy atom. The van der Waals surface area contributed by atoms with E-state index in [-0.39, 0.29) is 36.0 Å². The molecule has 9 heteroatoms. The molecule has 0 radical (unpaired) electrons. The Morgan fingerprint density at radius 3 is 2.50 bits per heavy atom. The van der Waals surface area contributed by atoms with Crippen molar-refractivity contribution in [3.05, 3.63) is 24.4 Å². The molecule has 1 fully saturated rings. The van der Waals surface area contributed by atoms with E-state index in [1.54, 1.807) is 11.9 Å². The third-order valence-corrected chi connectivity index (χ3v) is 4.66. The van der Waals surface area contributed by atoms with Gasteiger partial charge in [0, 0.05) is 59.6 Å². The topological polar surface area (TPSA) is 73.3 Å². The molecule has 2 heterocycles. The third-order valence-electron chi connectivity index (χ3n) is 4.66. The number of halogens is 1. The molecule has 0 aliphatic carbocycles. The minimum absolute atomic E-state index is 0. The summed E-state index contributed by atoms with van der Waals surface area (Å²) < 4.78 is 5.41. The molecule has 0 spiro atoms. The van der Waals surface area contributed by atoms with Gasteiger partial charge >= 0.3 is 6.09 Å². The summed E-state index contributed by atoms with van der Waals surface area (Å²) in [5.74, 6) is 2.19. The number of aliphatic imine (C=N–C) groups is 1. The highest BCUT2D eigenvalue weighted by molar-refractivity contribution is 14.0. The van der Waals surface area contributed by atoms with Crippen LogP contribution in [0, 0.1) is 5.92 Å². The highest BCUT2D eigenvalue weighted by Gasteiger charge is 2.22. The second-order valence-corrected chi connectivity index (χ2v) is 8.56. The molecule has 30 heavy (non-hydrogen) atoms. The predicted octanol–water partition coefficient (Wildman–Crippen LogP) is 2.90. The molecule has 1 aromatic heterocycles. The maximum absolute atomic E-state index is 12.1. The first-order valence-electron chi connectivity index (χ1n) is 10.3. The first-order valence-corrected chi connectivity index (χ1v) is 10.3. The van der Waals surface area contributed by atoms with Crippen LogP contribution in [0.2, 0.25) is 0 Å². The molecule has 0 aromatic carbocycles. The Kier molecular flexibility index (Phi) is 10.6. The van der Waals surface area contributed by atoms with Crippen molar-refractivity contribution < 1.29 is 9.53 Å². The number of carbonyl (C=O) groups is 1. The molecule has 0 bridgehead atoms. The lowest BCUT2D eigenvalue weighted by atomic mass is 10.1. The van der Waals surface area contributed by atoms with E-state index in [0.29, 0.717) is 6.54 Å². The zero-order valence-electron chi connectivity index (χ0n) is 19.1. The van der Waals surface area contributed by atoms with Crippen LogP contribution in [0.4, 0.5) is 10.6 Å². The number of piperazine rings is 1. The minimum atomic E-state index is -0.480. The molecule has 1 amide bonds. The number of nitrogens with one attached hydrogen (secondary N) is 1. The van der Waals surface area contributed by atoms with E-state index in [9.17, 15) is 4.79 Å². The van der Waals surface area contributed by atoms with Crippen LogP contribution in [-0.2, 0) is 4.74 Å². The number of rotatable bonds is 5. The van der Waals surface area contributed by atoms with Crippen molar-refractivity contribution in [2.24, 2.45) is 10.9 Å². The molecule has 8 nitrogen and oxygen atoms in total. The molecule has 2 rings (SSSR count). The van der Waals surface area contributed by atoms with Crippen LogP contribution in [0.1, 0.15) is 27.7 Å². The van der Waals surface area contributed by atoms with E-state index < -0.39 is 5.60 Å². The first-order chi connectivity index (χ1) is 13.7. The van der Waals surface area contributed by atoms with Crippen LogP contribution in [-0.4, -0.2) is 85.8 Å². The van der Waals surface area contributed by atoms with Crippen molar-refractivity contribution in [1.82, 2.24) is 20.1 Å². The second-order valence-electron chi connectivity index (χ2n) is 8.56. The molecule has 1 aliphatic heterocycles. The number of aromatic nitrogens is 1. The zero-order chi connectivity index (χ0) is 21.4. The van der Waals surface area contributed by atoms with E-state index >= 15 is 0 Å². The normalized spacial score (nSPS) is 15.9. The Bertz CT molecular complexity index is 672. The average molecular weight is 532 g/mol. The highest BCUT2D eigenvalue weighted by Crippen LogP contribution is 2.13. The van der Waals surface area contributed by atoms with E-state index in [1.807, 2.05) is 52.2 Å². The molecule has 0 saturated carbocycles. The largest absolute Gasteiger partial charge is 0.444 e. The number of nitrogens with zero attached hydrogens (tertiary/aromatic N) is 5. The van der Waals surface area contributed by atoms with E-state index in [4.69, 9.17) is 4.74 Å². The van der Waals surface area contributed by atoms with Crippen LogP contribution in [0.25, 0.3) is 0 Å². The van der Waals surface area contributed by atoms with Crippen LogP contribution < -0.4 is 10.2 Å². The van der Waals surface area contributed by atoms with Gasteiger partial charge in [-0.1, -0.05) is 13.0 Å². The summed E-state index contributed by atoms with van der Waals surface area (Å²) >= 11 is 0. The number of hydrogen-bond acceptors (Lipinski definition) is 5. The third kappa shape index (κ3) is 8.53. The maximum atomic E-state index is 12.1. The highest BCUT2D eigenvalue weighted by atomic mass is 127. The lowest BCUT2D eigenvalue weighted by Crippen LogP contribution is -2.53. The van der Waals surface area contributed by atoms with E-state index in [1.165, 1.54) is 0 Å². The van der Waals surface area contributed by atoms with Crippen molar-refractivity contribution in [3.63, 3.8) is 0 Å². The standard InChI is InChI=1S/C21H36N6O2.HI/c1-17(16-25(6)20(28)29-21(2,3)4)15-24-19(22-5)27-13-11-26(12-14-27)18-9-7-8-10-23-18;/h7-10,17H,11-16H2,1-6H3,(H,22,24);1H. The number of amides is 1. The number of guanidine groups is 1. The van der Waals surface area contributed by atoms with Gasteiger partial charge in [-0.05, 0) is 38.8 Å². The summed E-state index contributed by atoms with van der Waals surface area (Å²) in [7, 11) is 3.58. The second kappa shape index (κ2) is 12.2. The summed E-state index contributed by atoms with van der Waals surface area (Å²) in [6, 6.07) is 6.00. The average Bonchev–Trinajstić information content (AvgIpc) is 2.68. The lowest BCUT2D eigenvalue weighted by Gasteiger charge is -2.37. The fourth-order valence-electron chi connectivity index (χ4n) is 3.23. The number of hydrogen-bond donors (Lipinski definition) is 1. The summed E-state index contributed by atoms with van der Waals surface area (Å²) in [5.41, 5.74) is -0.480. The first kappa shape index (κ1) is 26.3. The van der Waals surface area contributed by atoms with Gasteiger partial charge in [0.1, 0.15) is 11.4 Å². The van der Waals surface area contributed by atoms with Gasteiger partial charge in [-0.15, -0.1) is 24.0 Å². The zero-order valence-corrected chi connectivity index (χ0v) is 21.4. The number of pyridine rings is 1. The smallest absolute Gasteiger partial charge is 0.410 e. The number of ether oxygens (including phenoxy) is 1. The van der Waals surface area contributed by atoms with Gasteiger partial charge < -0.3 is 24.8 Å². The van der Waals surface area contributed by atoms with Gasteiger partial charge in [0.25, 0.3) is 0 Å². The Balaban J connectivity index is 0.00000450. The van der Waals surface area contributed by atoms with Crippen molar-refractivity contribution >= 4 is 41.8 Å². The molecule has 1 aliphatic rings. The Hall–Kier alpha value is -1.78. The number of anilines is 1. The van der Waals surface area contributed by atoms with E-state index in [2.05, 4.69) is 32.0 Å². The van der Waals surface area contributed by atoms with Gasteiger partial charge in [-0.25, -0.2) is 9.78 Å². The quantitative estimate of drug-likeness (QED) is 0.357. The fourth-order valence-corrected chi connectivity index (χ4v) is 3.23.